The number of hydrogen-bond acceptors (Lipinski definition) is 0. The Morgan fingerprint density at radius 1 is 0.885 bits per heavy atom. The fourth-order valence-corrected chi connectivity index (χ4v) is 3.88. The van der Waals surface area contributed by atoms with E-state index < -0.39 is 11.7 Å². The molecule has 4 heteroatoms. The lowest BCUT2D eigenvalue weighted by Gasteiger charge is -2.16. The van der Waals surface area contributed by atoms with Gasteiger partial charge in [-0.25, -0.2) is 0 Å². The van der Waals surface area contributed by atoms with Crippen LogP contribution in [0, 0.1) is 5.41 Å². The molecule has 1 nitrogen and oxygen atoms in total. The summed E-state index contributed by atoms with van der Waals surface area (Å²) in [6.45, 7) is 5.40. The number of fused-ring (bicyclic) bond motifs is 1. The molecule has 0 atom stereocenters. The molecule has 2 aromatic carbocycles. The van der Waals surface area contributed by atoms with Crippen LogP contribution in [0.2, 0.25) is 0 Å². The second kappa shape index (κ2) is 5.76. The van der Waals surface area contributed by atoms with Gasteiger partial charge in [-0.1, -0.05) is 56.3 Å². The van der Waals surface area contributed by atoms with Crippen LogP contribution in [0.15, 0.2) is 60.8 Å². The summed E-state index contributed by atoms with van der Waals surface area (Å²) in [7, 11) is 0. The monoisotopic (exact) mass is 355 g/mol. The Labute approximate surface area is 151 Å². The van der Waals surface area contributed by atoms with Gasteiger partial charge in [-0.2, -0.15) is 13.2 Å². The fraction of sp³-hybridized carbons (Fsp3) is 0.273. The molecule has 0 aliphatic carbocycles. The predicted molar refractivity (Wildman–Crippen MR) is 97.8 cm³/mol. The minimum Gasteiger partial charge on any atom is -0.350 e. The van der Waals surface area contributed by atoms with Gasteiger partial charge in [0.1, 0.15) is 0 Å². The average Bonchev–Trinajstić information content (AvgIpc) is 3.06. The molecule has 0 saturated carbocycles. The van der Waals surface area contributed by atoms with E-state index in [2.05, 4.69) is 36.7 Å². The molecular formula is C22H20F3N. The molecular weight excluding hydrogens is 335 g/mol. The van der Waals surface area contributed by atoms with Crippen molar-refractivity contribution >= 4 is 0 Å². The highest BCUT2D eigenvalue weighted by molar-refractivity contribution is 5.86. The third-order valence-corrected chi connectivity index (χ3v) is 5.02. The minimum absolute atomic E-state index is 0.192. The van der Waals surface area contributed by atoms with Crippen molar-refractivity contribution in [3.8, 4) is 22.3 Å². The van der Waals surface area contributed by atoms with E-state index in [0.717, 1.165) is 47.4 Å². The SMILES string of the molecule is CC1(C)Cc2c(-c3ccccc3)c(-c3ccc(C(F)(F)F)cc3)cn2C1. The standard InChI is InChI=1S/C22H20F3N/c1-21(2)12-19-20(16-6-4-3-5-7-16)18(13-26(19)14-21)15-8-10-17(11-9-15)22(23,24)25/h3-11,13H,12,14H2,1-2H3. The van der Waals surface area contributed by atoms with Gasteiger partial charge in [0.25, 0.3) is 0 Å². The van der Waals surface area contributed by atoms with E-state index in [0.29, 0.717) is 0 Å². The van der Waals surface area contributed by atoms with E-state index in [1.54, 1.807) is 12.1 Å². The Morgan fingerprint density at radius 2 is 1.54 bits per heavy atom. The molecule has 4 rings (SSSR count). The van der Waals surface area contributed by atoms with E-state index >= 15 is 0 Å². The fourth-order valence-electron chi connectivity index (χ4n) is 3.88. The van der Waals surface area contributed by atoms with Gasteiger partial charge in [0.05, 0.1) is 5.56 Å². The minimum atomic E-state index is -4.31. The van der Waals surface area contributed by atoms with Crippen LogP contribution in [-0.2, 0) is 19.1 Å². The first-order chi connectivity index (χ1) is 12.2. The maximum absolute atomic E-state index is 12.9. The molecule has 2 heterocycles. The van der Waals surface area contributed by atoms with Crippen molar-refractivity contribution in [1.82, 2.24) is 4.57 Å². The molecule has 1 aromatic heterocycles. The van der Waals surface area contributed by atoms with Crippen LogP contribution in [0.1, 0.15) is 25.1 Å². The molecule has 0 bridgehead atoms. The van der Waals surface area contributed by atoms with Crippen molar-refractivity contribution in [3.63, 3.8) is 0 Å². The van der Waals surface area contributed by atoms with Gasteiger partial charge in [-0.3, -0.25) is 0 Å². The molecule has 0 unspecified atom stereocenters. The molecule has 134 valence electrons. The smallest absolute Gasteiger partial charge is 0.350 e. The van der Waals surface area contributed by atoms with Crippen LogP contribution >= 0.6 is 0 Å². The molecule has 26 heavy (non-hydrogen) atoms. The first-order valence-corrected chi connectivity index (χ1v) is 8.70. The lowest BCUT2D eigenvalue weighted by molar-refractivity contribution is -0.137. The largest absolute Gasteiger partial charge is 0.416 e. The number of aromatic nitrogens is 1. The van der Waals surface area contributed by atoms with Crippen LogP contribution < -0.4 is 0 Å². The van der Waals surface area contributed by atoms with Crippen molar-refractivity contribution < 1.29 is 13.2 Å². The van der Waals surface area contributed by atoms with Crippen molar-refractivity contribution in [2.45, 2.75) is 33.0 Å². The number of nitrogens with zero attached hydrogens (tertiary/aromatic N) is 1. The molecule has 1 aliphatic heterocycles. The maximum Gasteiger partial charge on any atom is 0.416 e. The second-order valence-corrected chi connectivity index (χ2v) is 7.77. The Bertz CT molecular complexity index is 932. The zero-order valence-electron chi connectivity index (χ0n) is 14.8. The summed E-state index contributed by atoms with van der Waals surface area (Å²) in [5.41, 5.74) is 4.89. The summed E-state index contributed by atoms with van der Waals surface area (Å²) in [6.07, 6.45) is -1.26. The lowest BCUT2D eigenvalue weighted by atomic mass is 9.87. The zero-order chi connectivity index (χ0) is 18.5. The third kappa shape index (κ3) is 2.94. The summed E-state index contributed by atoms with van der Waals surface area (Å²) in [5.74, 6) is 0. The van der Waals surface area contributed by atoms with E-state index in [9.17, 15) is 13.2 Å². The molecule has 3 aromatic rings. The van der Waals surface area contributed by atoms with Gasteiger partial charge in [-0.05, 0) is 35.1 Å². The Kier molecular flexibility index (Phi) is 3.76. The molecule has 1 aliphatic rings. The van der Waals surface area contributed by atoms with Crippen LogP contribution in [-0.4, -0.2) is 4.57 Å². The summed E-state index contributed by atoms with van der Waals surface area (Å²) >= 11 is 0. The number of rotatable bonds is 2. The maximum atomic E-state index is 12.9. The van der Waals surface area contributed by atoms with E-state index in [4.69, 9.17) is 0 Å². The molecule has 0 radical (unpaired) electrons. The van der Waals surface area contributed by atoms with Gasteiger partial charge in [-0.15, -0.1) is 0 Å². The van der Waals surface area contributed by atoms with Gasteiger partial charge in [0.15, 0.2) is 0 Å². The normalized spacial score (nSPS) is 15.9. The third-order valence-electron chi connectivity index (χ3n) is 5.02. The summed E-state index contributed by atoms with van der Waals surface area (Å²) in [4.78, 5) is 0. The summed E-state index contributed by atoms with van der Waals surface area (Å²) in [6, 6.07) is 15.6. The number of halogens is 3. The quantitative estimate of drug-likeness (QED) is 0.500. The summed E-state index contributed by atoms with van der Waals surface area (Å²) < 4.78 is 40.9. The average molecular weight is 355 g/mol. The first kappa shape index (κ1) is 17.0. The lowest BCUT2D eigenvalue weighted by Crippen LogP contribution is -2.12. The van der Waals surface area contributed by atoms with Gasteiger partial charge in [0.2, 0.25) is 0 Å². The molecule has 0 saturated heterocycles. The van der Waals surface area contributed by atoms with Crippen molar-refractivity contribution in [2.75, 3.05) is 0 Å². The Balaban J connectivity index is 1.85. The molecule has 0 fully saturated rings. The van der Waals surface area contributed by atoms with E-state index in [1.165, 1.54) is 5.69 Å². The predicted octanol–water partition coefficient (Wildman–Crippen LogP) is 6.42. The topological polar surface area (TPSA) is 4.93 Å². The van der Waals surface area contributed by atoms with E-state index in [-0.39, 0.29) is 5.41 Å². The van der Waals surface area contributed by atoms with Crippen LogP contribution in [0.4, 0.5) is 13.2 Å². The van der Waals surface area contributed by atoms with Crippen LogP contribution in [0.25, 0.3) is 22.3 Å². The number of benzene rings is 2. The Hall–Kier alpha value is -2.49. The number of alkyl halides is 3. The van der Waals surface area contributed by atoms with Gasteiger partial charge in [0, 0.05) is 29.6 Å². The van der Waals surface area contributed by atoms with Crippen molar-refractivity contribution in [3.05, 3.63) is 72.1 Å². The highest BCUT2D eigenvalue weighted by Crippen LogP contribution is 2.44. The molecule has 0 spiro atoms. The van der Waals surface area contributed by atoms with E-state index in [1.807, 2.05) is 18.2 Å². The van der Waals surface area contributed by atoms with Crippen LogP contribution in [0.3, 0.4) is 0 Å². The highest BCUT2D eigenvalue weighted by atomic mass is 19.4. The molecule has 0 amide bonds. The van der Waals surface area contributed by atoms with Crippen LogP contribution in [0.5, 0.6) is 0 Å². The van der Waals surface area contributed by atoms with Crippen molar-refractivity contribution in [1.29, 1.82) is 0 Å². The molecule has 0 N–H and O–H groups in total. The van der Waals surface area contributed by atoms with Gasteiger partial charge >= 0.3 is 6.18 Å². The zero-order valence-corrected chi connectivity index (χ0v) is 14.8. The van der Waals surface area contributed by atoms with Crippen molar-refractivity contribution in [2.24, 2.45) is 5.41 Å². The second-order valence-electron chi connectivity index (χ2n) is 7.77. The Morgan fingerprint density at radius 3 is 2.15 bits per heavy atom. The first-order valence-electron chi connectivity index (χ1n) is 8.70. The number of hydrogen-bond donors (Lipinski definition) is 0. The summed E-state index contributed by atoms with van der Waals surface area (Å²) in [5, 5.41) is 0. The highest BCUT2D eigenvalue weighted by Gasteiger charge is 2.33. The van der Waals surface area contributed by atoms with Gasteiger partial charge < -0.3 is 4.57 Å².